The van der Waals surface area contributed by atoms with Crippen LogP contribution in [0.3, 0.4) is 0 Å². The van der Waals surface area contributed by atoms with Gasteiger partial charge in [-0.3, -0.25) is 4.79 Å². The van der Waals surface area contributed by atoms with E-state index < -0.39 is 0 Å². The first-order chi connectivity index (χ1) is 10.9. The summed E-state index contributed by atoms with van der Waals surface area (Å²) >= 11 is 0. The molecule has 0 bridgehead atoms. The highest BCUT2D eigenvalue weighted by atomic mass is 16.5. The van der Waals surface area contributed by atoms with E-state index in [1.807, 2.05) is 18.2 Å². The standard InChI is InChI=1S/C20H23NO2/c1-13-10-11-17-16(12-13)19(23-14(2)22)20(3,4)18(21-17)15-8-6-5-7-9-15/h5-12,18-19,21H,1-4H3/t18-,19-/m0/s1. The number of fused-ring (bicyclic) bond motifs is 1. The Morgan fingerprint density at radius 2 is 1.83 bits per heavy atom. The van der Waals surface area contributed by atoms with Crippen molar-refractivity contribution in [2.24, 2.45) is 5.41 Å². The molecule has 0 radical (unpaired) electrons. The number of ether oxygens (including phenoxy) is 1. The molecule has 0 aromatic heterocycles. The largest absolute Gasteiger partial charge is 0.457 e. The summed E-state index contributed by atoms with van der Waals surface area (Å²) in [5.41, 5.74) is 4.18. The van der Waals surface area contributed by atoms with E-state index in [9.17, 15) is 4.79 Å². The zero-order chi connectivity index (χ0) is 16.6. The molecule has 3 heteroatoms. The van der Waals surface area contributed by atoms with Crippen LogP contribution in [0.25, 0.3) is 0 Å². The van der Waals surface area contributed by atoms with Crippen molar-refractivity contribution in [2.75, 3.05) is 5.32 Å². The maximum atomic E-state index is 11.7. The molecule has 0 saturated heterocycles. The fraction of sp³-hybridized carbons (Fsp3) is 0.350. The number of carbonyl (C=O) groups is 1. The van der Waals surface area contributed by atoms with E-state index >= 15 is 0 Å². The maximum absolute atomic E-state index is 11.7. The molecule has 0 amide bonds. The van der Waals surface area contributed by atoms with E-state index in [4.69, 9.17) is 4.74 Å². The lowest BCUT2D eigenvalue weighted by atomic mass is 9.70. The minimum Gasteiger partial charge on any atom is -0.457 e. The fourth-order valence-electron chi connectivity index (χ4n) is 3.46. The van der Waals surface area contributed by atoms with Crippen molar-refractivity contribution < 1.29 is 9.53 Å². The van der Waals surface area contributed by atoms with Gasteiger partial charge in [-0.2, -0.15) is 0 Å². The second-order valence-corrected chi connectivity index (χ2v) is 6.89. The summed E-state index contributed by atoms with van der Waals surface area (Å²) in [7, 11) is 0. The summed E-state index contributed by atoms with van der Waals surface area (Å²) in [6, 6.07) is 16.7. The van der Waals surface area contributed by atoms with Gasteiger partial charge in [0.2, 0.25) is 0 Å². The van der Waals surface area contributed by atoms with Gasteiger partial charge in [0.05, 0.1) is 6.04 Å². The van der Waals surface area contributed by atoms with Gasteiger partial charge in [-0.1, -0.05) is 61.9 Å². The van der Waals surface area contributed by atoms with Crippen LogP contribution in [0.5, 0.6) is 0 Å². The van der Waals surface area contributed by atoms with Gasteiger partial charge in [0.15, 0.2) is 0 Å². The van der Waals surface area contributed by atoms with Gasteiger partial charge in [0, 0.05) is 23.6 Å². The summed E-state index contributed by atoms with van der Waals surface area (Å²) < 4.78 is 5.76. The molecule has 0 aliphatic carbocycles. The minimum absolute atomic E-state index is 0.0725. The average Bonchev–Trinajstić information content (AvgIpc) is 2.51. The molecular weight excluding hydrogens is 286 g/mol. The second kappa shape index (κ2) is 5.73. The molecule has 120 valence electrons. The molecule has 23 heavy (non-hydrogen) atoms. The third-order valence-corrected chi connectivity index (χ3v) is 4.63. The molecule has 0 fully saturated rings. The molecule has 0 saturated carbocycles. The Balaban J connectivity index is 2.12. The molecule has 1 N–H and O–H groups in total. The number of hydrogen-bond acceptors (Lipinski definition) is 3. The van der Waals surface area contributed by atoms with Gasteiger partial charge in [-0.05, 0) is 18.6 Å². The smallest absolute Gasteiger partial charge is 0.303 e. The Bertz CT molecular complexity index is 722. The Kier molecular flexibility index (Phi) is 3.88. The Morgan fingerprint density at radius 3 is 2.48 bits per heavy atom. The van der Waals surface area contributed by atoms with Crippen LogP contribution in [0.2, 0.25) is 0 Å². The quantitative estimate of drug-likeness (QED) is 0.810. The number of nitrogens with one attached hydrogen (secondary N) is 1. The summed E-state index contributed by atoms with van der Waals surface area (Å²) in [4.78, 5) is 11.7. The molecular formula is C20H23NO2. The van der Waals surface area contributed by atoms with Crippen molar-refractivity contribution in [3.8, 4) is 0 Å². The first-order valence-corrected chi connectivity index (χ1v) is 7.99. The van der Waals surface area contributed by atoms with Gasteiger partial charge >= 0.3 is 5.97 Å². The van der Waals surface area contributed by atoms with Crippen LogP contribution in [0, 0.1) is 12.3 Å². The topological polar surface area (TPSA) is 38.3 Å². The number of anilines is 1. The Hall–Kier alpha value is -2.29. The molecule has 2 aromatic rings. The minimum atomic E-state index is -0.277. The van der Waals surface area contributed by atoms with Gasteiger partial charge in [0.1, 0.15) is 6.10 Å². The number of rotatable bonds is 2. The van der Waals surface area contributed by atoms with E-state index in [-0.39, 0.29) is 23.5 Å². The van der Waals surface area contributed by atoms with Crippen molar-refractivity contribution in [3.63, 3.8) is 0 Å². The van der Waals surface area contributed by atoms with Crippen LogP contribution >= 0.6 is 0 Å². The lowest BCUT2D eigenvalue weighted by Crippen LogP contribution is -2.40. The molecule has 1 heterocycles. The van der Waals surface area contributed by atoms with Crippen LogP contribution in [-0.2, 0) is 9.53 Å². The predicted molar refractivity (Wildman–Crippen MR) is 92.3 cm³/mol. The molecule has 2 atom stereocenters. The zero-order valence-electron chi connectivity index (χ0n) is 14.1. The summed E-state index contributed by atoms with van der Waals surface area (Å²) in [6.07, 6.45) is -0.277. The van der Waals surface area contributed by atoms with Gasteiger partial charge < -0.3 is 10.1 Å². The molecule has 3 nitrogen and oxygen atoms in total. The van der Waals surface area contributed by atoms with E-state index in [0.717, 1.165) is 16.8 Å². The highest BCUT2D eigenvalue weighted by molar-refractivity contribution is 5.68. The third kappa shape index (κ3) is 2.83. The van der Waals surface area contributed by atoms with Crippen molar-refractivity contribution in [2.45, 2.75) is 39.8 Å². The van der Waals surface area contributed by atoms with E-state index in [1.54, 1.807) is 0 Å². The lowest BCUT2D eigenvalue weighted by Gasteiger charge is -2.46. The molecule has 0 spiro atoms. The third-order valence-electron chi connectivity index (χ3n) is 4.63. The summed E-state index contributed by atoms with van der Waals surface area (Å²) in [6.45, 7) is 7.83. The van der Waals surface area contributed by atoms with Crippen molar-refractivity contribution in [1.82, 2.24) is 0 Å². The molecule has 2 aromatic carbocycles. The van der Waals surface area contributed by atoms with Crippen molar-refractivity contribution in [3.05, 3.63) is 65.2 Å². The normalized spacial score (nSPS) is 21.9. The fourth-order valence-corrected chi connectivity index (χ4v) is 3.46. The van der Waals surface area contributed by atoms with Crippen LogP contribution < -0.4 is 5.32 Å². The lowest BCUT2D eigenvalue weighted by molar-refractivity contribution is -0.154. The first kappa shape index (κ1) is 15.6. The highest BCUT2D eigenvalue weighted by Crippen LogP contribution is 2.53. The van der Waals surface area contributed by atoms with Crippen molar-refractivity contribution in [1.29, 1.82) is 0 Å². The predicted octanol–water partition coefficient (Wildman–Crippen LogP) is 4.79. The maximum Gasteiger partial charge on any atom is 0.303 e. The monoisotopic (exact) mass is 309 g/mol. The summed E-state index contributed by atoms with van der Waals surface area (Å²) in [5.74, 6) is -0.246. The van der Waals surface area contributed by atoms with Gasteiger partial charge in [0.25, 0.3) is 0 Å². The van der Waals surface area contributed by atoms with Crippen LogP contribution in [0.15, 0.2) is 48.5 Å². The molecule has 1 aliphatic heterocycles. The first-order valence-electron chi connectivity index (χ1n) is 7.99. The van der Waals surface area contributed by atoms with E-state index in [1.165, 1.54) is 12.5 Å². The van der Waals surface area contributed by atoms with Crippen LogP contribution in [0.1, 0.15) is 49.6 Å². The molecule has 0 unspecified atom stereocenters. The van der Waals surface area contributed by atoms with Gasteiger partial charge in [-0.25, -0.2) is 0 Å². The second-order valence-electron chi connectivity index (χ2n) is 6.89. The number of esters is 1. The average molecular weight is 309 g/mol. The summed E-state index contributed by atoms with van der Waals surface area (Å²) in [5, 5.41) is 3.64. The zero-order valence-corrected chi connectivity index (χ0v) is 14.1. The van der Waals surface area contributed by atoms with E-state index in [2.05, 4.69) is 56.4 Å². The highest BCUT2D eigenvalue weighted by Gasteiger charge is 2.45. The Labute approximate surface area is 137 Å². The SMILES string of the molecule is CC(=O)O[C@H]1c2cc(C)ccc2N[C@@H](c2ccccc2)C1(C)C. The van der Waals surface area contributed by atoms with Crippen LogP contribution in [-0.4, -0.2) is 5.97 Å². The Morgan fingerprint density at radius 1 is 1.13 bits per heavy atom. The molecule has 3 rings (SSSR count). The number of carbonyl (C=O) groups excluding carboxylic acids is 1. The van der Waals surface area contributed by atoms with Gasteiger partial charge in [-0.15, -0.1) is 0 Å². The molecule has 1 aliphatic rings. The van der Waals surface area contributed by atoms with Crippen molar-refractivity contribution >= 4 is 11.7 Å². The number of benzene rings is 2. The number of hydrogen-bond donors (Lipinski definition) is 1. The van der Waals surface area contributed by atoms with Crippen LogP contribution in [0.4, 0.5) is 5.69 Å². The number of aryl methyl sites for hydroxylation is 1. The van der Waals surface area contributed by atoms with E-state index in [0.29, 0.717) is 0 Å².